The Morgan fingerprint density at radius 2 is 2.06 bits per heavy atom. The van der Waals surface area contributed by atoms with Crippen LogP contribution in [0.4, 0.5) is 5.69 Å². The standard InChI is InChI=1S/C23H27ClN4O2S/c1-15-7-8-17(24)11-20(15)25-21(29)14-31-23-26-19-9-10-28(13-18(19)22(30)27-23)12-16-5-3-2-4-6-16/h2-8,11,18-19,23,26H,9-10,12-14H2,1H3,(H,25,29)(H,27,30). The molecule has 0 spiro atoms. The fraction of sp³-hybridized carbons (Fsp3) is 0.391. The zero-order valence-corrected chi connectivity index (χ0v) is 19.0. The molecule has 0 saturated carbocycles. The monoisotopic (exact) mass is 458 g/mol. The van der Waals surface area contributed by atoms with E-state index in [1.807, 2.05) is 31.2 Å². The Labute approximate surface area is 192 Å². The van der Waals surface area contributed by atoms with Gasteiger partial charge in [0.2, 0.25) is 11.8 Å². The number of fused-ring (bicyclic) bond motifs is 1. The maximum Gasteiger partial charge on any atom is 0.234 e. The molecule has 3 unspecified atom stereocenters. The largest absolute Gasteiger partial charge is 0.331 e. The van der Waals surface area contributed by atoms with Crippen molar-refractivity contribution in [2.24, 2.45) is 5.92 Å². The van der Waals surface area contributed by atoms with Crippen molar-refractivity contribution in [1.82, 2.24) is 15.5 Å². The molecule has 4 rings (SSSR count). The normalized spacial score (nSPS) is 23.7. The number of amides is 2. The molecule has 0 bridgehead atoms. The highest BCUT2D eigenvalue weighted by molar-refractivity contribution is 8.00. The number of hydrogen-bond acceptors (Lipinski definition) is 5. The maximum atomic E-state index is 12.7. The van der Waals surface area contributed by atoms with Gasteiger partial charge >= 0.3 is 0 Å². The number of piperidine rings is 1. The molecule has 31 heavy (non-hydrogen) atoms. The van der Waals surface area contributed by atoms with Crippen LogP contribution in [-0.2, 0) is 16.1 Å². The molecule has 2 aromatic rings. The van der Waals surface area contributed by atoms with Gasteiger partial charge in [-0.05, 0) is 36.6 Å². The van der Waals surface area contributed by atoms with Crippen molar-refractivity contribution in [2.75, 3.05) is 24.2 Å². The predicted molar refractivity (Wildman–Crippen MR) is 126 cm³/mol. The van der Waals surface area contributed by atoms with Gasteiger partial charge in [-0.25, -0.2) is 0 Å². The van der Waals surface area contributed by atoms with Gasteiger partial charge < -0.3 is 10.6 Å². The molecule has 2 fully saturated rings. The van der Waals surface area contributed by atoms with E-state index in [1.165, 1.54) is 17.3 Å². The first-order valence-corrected chi connectivity index (χ1v) is 11.9. The second-order valence-electron chi connectivity index (χ2n) is 8.10. The molecule has 8 heteroatoms. The summed E-state index contributed by atoms with van der Waals surface area (Å²) in [6, 6.07) is 15.9. The summed E-state index contributed by atoms with van der Waals surface area (Å²) in [4.78, 5) is 27.5. The number of nitrogens with zero attached hydrogens (tertiary/aromatic N) is 1. The SMILES string of the molecule is Cc1ccc(Cl)cc1NC(=O)CSC1NC(=O)C2CN(Cc3ccccc3)CCC2N1. The molecular formula is C23H27ClN4O2S. The Bertz CT molecular complexity index is 942. The van der Waals surface area contributed by atoms with Gasteiger partial charge in [-0.15, -0.1) is 11.8 Å². The van der Waals surface area contributed by atoms with Gasteiger partial charge in [-0.1, -0.05) is 48.0 Å². The molecule has 0 aliphatic carbocycles. The van der Waals surface area contributed by atoms with E-state index in [-0.39, 0.29) is 35.0 Å². The summed E-state index contributed by atoms with van der Waals surface area (Å²) in [5.74, 6) is 0.107. The van der Waals surface area contributed by atoms with E-state index in [0.717, 1.165) is 31.6 Å². The fourth-order valence-electron chi connectivity index (χ4n) is 4.11. The number of hydrogen-bond donors (Lipinski definition) is 3. The number of likely N-dealkylation sites (tertiary alicyclic amines) is 1. The Hall–Kier alpha value is -2.06. The van der Waals surface area contributed by atoms with Crippen molar-refractivity contribution in [3.63, 3.8) is 0 Å². The molecule has 3 atom stereocenters. The lowest BCUT2D eigenvalue weighted by molar-refractivity contribution is -0.130. The summed E-state index contributed by atoms with van der Waals surface area (Å²) >= 11 is 7.41. The van der Waals surface area contributed by atoms with Crippen molar-refractivity contribution in [2.45, 2.75) is 31.4 Å². The number of nitrogens with one attached hydrogen (secondary N) is 3. The quantitative estimate of drug-likeness (QED) is 0.620. The third-order valence-electron chi connectivity index (χ3n) is 5.78. The molecule has 2 heterocycles. The predicted octanol–water partition coefficient (Wildman–Crippen LogP) is 3.21. The number of thioether (sulfide) groups is 1. The highest BCUT2D eigenvalue weighted by Gasteiger charge is 2.39. The van der Waals surface area contributed by atoms with Gasteiger partial charge in [0.15, 0.2) is 0 Å². The second kappa shape index (κ2) is 10.0. The van der Waals surface area contributed by atoms with E-state index >= 15 is 0 Å². The van der Waals surface area contributed by atoms with Crippen molar-refractivity contribution < 1.29 is 9.59 Å². The van der Waals surface area contributed by atoms with E-state index in [0.29, 0.717) is 10.7 Å². The smallest absolute Gasteiger partial charge is 0.234 e. The van der Waals surface area contributed by atoms with Crippen LogP contribution in [0.15, 0.2) is 48.5 Å². The van der Waals surface area contributed by atoms with Crippen LogP contribution in [0.25, 0.3) is 0 Å². The average Bonchev–Trinajstić information content (AvgIpc) is 2.76. The number of halogens is 1. The summed E-state index contributed by atoms with van der Waals surface area (Å²) in [5, 5.41) is 10.0. The third kappa shape index (κ3) is 5.80. The van der Waals surface area contributed by atoms with Crippen LogP contribution in [0, 0.1) is 12.8 Å². The van der Waals surface area contributed by atoms with Gasteiger partial charge in [-0.2, -0.15) is 0 Å². The van der Waals surface area contributed by atoms with Crippen molar-refractivity contribution in [3.05, 3.63) is 64.7 Å². The summed E-state index contributed by atoms with van der Waals surface area (Å²) in [6.07, 6.45) is 0.913. The number of carbonyl (C=O) groups excluding carboxylic acids is 2. The van der Waals surface area contributed by atoms with Crippen LogP contribution in [0.1, 0.15) is 17.5 Å². The fourth-order valence-corrected chi connectivity index (χ4v) is 5.14. The Morgan fingerprint density at radius 1 is 1.26 bits per heavy atom. The van der Waals surface area contributed by atoms with E-state index < -0.39 is 0 Å². The topological polar surface area (TPSA) is 73.5 Å². The van der Waals surface area contributed by atoms with Crippen molar-refractivity contribution in [1.29, 1.82) is 0 Å². The van der Waals surface area contributed by atoms with Crippen LogP contribution in [0.5, 0.6) is 0 Å². The minimum Gasteiger partial charge on any atom is -0.331 e. The summed E-state index contributed by atoms with van der Waals surface area (Å²) in [6.45, 7) is 4.47. The maximum absolute atomic E-state index is 12.7. The van der Waals surface area contributed by atoms with Crippen LogP contribution in [0.3, 0.4) is 0 Å². The van der Waals surface area contributed by atoms with Crippen LogP contribution >= 0.6 is 23.4 Å². The molecule has 2 saturated heterocycles. The number of anilines is 1. The van der Waals surface area contributed by atoms with Crippen LogP contribution < -0.4 is 16.0 Å². The number of rotatable bonds is 6. The minimum absolute atomic E-state index is 0.0603. The Balaban J connectivity index is 1.26. The minimum atomic E-state index is -0.263. The number of carbonyl (C=O) groups is 2. The first-order valence-electron chi connectivity index (χ1n) is 10.5. The van der Waals surface area contributed by atoms with Crippen LogP contribution in [0.2, 0.25) is 5.02 Å². The lowest BCUT2D eigenvalue weighted by atomic mass is 9.89. The molecule has 0 radical (unpaired) electrons. The first-order chi connectivity index (χ1) is 15.0. The second-order valence-corrected chi connectivity index (χ2v) is 9.63. The molecule has 164 valence electrons. The van der Waals surface area contributed by atoms with Gasteiger partial charge in [-0.3, -0.25) is 19.8 Å². The van der Waals surface area contributed by atoms with E-state index in [9.17, 15) is 9.59 Å². The van der Waals surface area contributed by atoms with Crippen molar-refractivity contribution >= 4 is 40.9 Å². The summed E-state index contributed by atoms with van der Waals surface area (Å²) in [7, 11) is 0. The summed E-state index contributed by atoms with van der Waals surface area (Å²) in [5.41, 5.74) is 2.67. The molecule has 2 amide bonds. The Kier molecular flexibility index (Phi) is 7.17. The molecule has 0 aromatic heterocycles. The van der Waals surface area contributed by atoms with Gasteiger partial charge in [0.25, 0.3) is 0 Å². The zero-order chi connectivity index (χ0) is 21.8. The molecular weight excluding hydrogens is 432 g/mol. The lowest BCUT2D eigenvalue weighted by Gasteiger charge is -2.43. The van der Waals surface area contributed by atoms with Gasteiger partial charge in [0, 0.05) is 36.4 Å². The summed E-state index contributed by atoms with van der Waals surface area (Å²) < 4.78 is 0. The van der Waals surface area contributed by atoms with Crippen molar-refractivity contribution in [3.8, 4) is 0 Å². The molecule has 2 aliphatic rings. The van der Waals surface area contributed by atoms with Gasteiger partial charge in [0.1, 0.15) is 5.50 Å². The number of benzene rings is 2. The highest BCUT2D eigenvalue weighted by atomic mass is 35.5. The number of aryl methyl sites for hydroxylation is 1. The molecule has 3 N–H and O–H groups in total. The third-order valence-corrected chi connectivity index (χ3v) is 7.03. The molecule has 2 aromatic carbocycles. The first kappa shape index (κ1) is 22.1. The Morgan fingerprint density at radius 3 is 2.87 bits per heavy atom. The van der Waals surface area contributed by atoms with Crippen LogP contribution in [-0.4, -0.2) is 47.1 Å². The van der Waals surface area contributed by atoms with E-state index in [2.05, 4.69) is 33.0 Å². The highest BCUT2D eigenvalue weighted by Crippen LogP contribution is 2.25. The molecule has 2 aliphatic heterocycles. The van der Waals surface area contributed by atoms with E-state index in [1.54, 1.807) is 12.1 Å². The van der Waals surface area contributed by atoms with Gasteiger partial charge in [0.05, 0.1) is 11.7 Å². The lowest BCUT2D eigenvalue weighted by Crippen LogP contribution is -2.64. The van der Waals surface area contributed by atoms with E-state index in [4.69, 9.17) is 11.6 Å². The molecule has 6 nitrogen and oxygen atoms in total. The average molecular weight is 459 g/mol. The zero-order valence-electron chi connectivity index (χ0n) is 17.4.